The highest BCUT2D eigenvalue weighted by Gasteiger charge is 2.40. The van der Waals surface area contributed by atoms with Crippen molar-refractivity contribution in [3.05, 3.63) is 35.4 Å². The first-order valence-electron chi connectivity index (χ1n) is 7.10. The first-order valence-corrected chi connectivity index (χ1v) is 7.10. The minimum Gasteiger partial charge on any atom is -0.467 e. The van der Waals surface area contributed by atoms with E-state index in [0.29, 0.717) is 16.9 Å². The van der Waals surface area contributed by atoms with Gasteiger partial charge in [-0.05, 0) is 23.8 Å². The first-order chi connectivity index (χ1) is 10.6. The van der Waals surface area contributed by atoms with Crippen LogP contribution in [0.5, 0.6) is 5.75 Å². The van der Waals surface area contributed by atoms with Crippen LogP contribution in [0.2, 0.25) is 0 Å². The number of benzene rings is 1. The van der Waals surface area contributed by atoms with Crippen LogP contribution in [0.15, 0.2) is 24.3 Å². The van der Waals surface area contributed by atoms with Crippen LogP contribution in [0, 0.1) is 0 Å². The van der Waals surface area contributed by atoms with Crippen LogP contribution in [-0.4, -0.2) is 35.8 Å². The van der Waals surface area contributed by atoms with Crippen molar-refractivity contribution >= 4 is 30.3 Å². The standard InChI is InChI=1S/C15H17N3O4.ClH/c19-13(18-21)4-2-10-1-3-12-11(9-10)14(20)17-15(22-12)5-7-16-8-6-15;/h1-4,9,16,21H,5-8H2,(H,17,20)(H,18,19);1H. The number of hydrogen-bond donors (Lipinski definition) is 4. The lowest BCUT2D eigenvalue weighted by atomic mass is 9.97. The summed E-state index contributed by atoms with van der Waals surface area (Å²) in [5.41, 5.74) is 2.00. The summed E-state index contributed by atoms with van der Waals surface area (Å²) in [5, 5.41) is 14.6. The molecule has 3 rings (SSSR count). The third-order valence-corrected chi connectivity index (χ3v) is 3.84. The molecule has 2 heterocycles. The summed E-state index contributed by atoms with van der Waals surface area (Å²) in [5.74, 6) is -0.258. The van der Waals surface area contributed by atoms with Crippen molar-refractivity contribution < 1.29 is 19.5 Å². The van der Waals surface area contributed by atoms with Crippen molar-refractivity contribution in [3.63, 3.8) is 0 Å². The van der Waals surface area contributed by atoms with Crippen molar-refractivity contribution in [1.82, 2.24) is 16.1 Å². The zero-order chi connectivity index (χ0) is 15.6. The predicted molar refractivity (Wildman–Crippen MR) is 85.6 cm³/mol. The topological polar surface area (TPSA) is 99.7 Å². The molecular formula is C15H18ClN3O4. The van der Waals surface area contributed by atoms with Gasteiger partial charge in [0.1, 0.15) is 5.75 Å². The van der Waals surface area contributed by atoms with Gasteiger partial charge in [-0.15, -0.1) is 12.4 Å². The Balaban J connectivity index is 0.00000192. The van der Waals surface area contributed by atoms with Crippen LogP contribution < -0.4 is 20.9 Å². The zero-order valence-corrected chi connectivity index (χ0v) is 13.1. The third-order valence-electron chi connectivity index (χ3n) is 3.84. The van der Waals surface area contributed by atoms with Gasteiger partial charge in [0.15, 0.2) is 5.72 Å². The number of ether oxygens (including phenoxy) is 1. The molecule has 7 nitrogen and oxygen atoms in total. The Morgan fingerprint density at radius 1 is 1.35 bits per heavy atom. The van der Waals surface area contributed by atoms with Gasteiger partial charge in [0.25, 0.3) is 11.8 Å². The maximum absolute atomic E-state index is 12.4. The van der Waals surface area contributed by atoms with Crippen molar-refractivity contribution in [2.75, 3.05) is 13.1 Å². The molecule has 0 aliphatic carbocycles. The lowest BCUT2D eigenvalue weighted by Crippen LogP contribution is -2.60. The second-order valence-corrected chi connectivity index (χ2v) is 5.37. The minimum absolute atomic E-state index is 0. The van der Waals surface area contributed by atoms with Crippen molar-refractivity contribution in [1.29, 1.82) is 0 Å². The van der Waals surface area contributed by atoms with Gasteiger partial charge in [0.2, 0.25) is 0 Å². The Labute approximate surface area is 139 Å². The molecule has 1 fully saturated rings. The normalized spacial score (nSPS) is 18.6. The highest BCUT2D eigenvalue weighted by atomic mass is 35.5. The molecule has 2 aliphatic heterocycles. The average Bonchev–Trinajstić information content (AvgIpc) is 2.53. The average molecular weight is 340 g/mol. The molecule has 0 atom stereocenters. The second-order valence-electron chi connectivity index (χ2n) is 5.37. The van der Waals surface area contributed by atoms with E-state index in [9.17, 15) is 9.59 Å². The van der Waals surface area contributed by atoms with E-state index in [4.69, 9.17) is 9.94 Å². The molecule has 2 aliphatic rings. The van der Waals surface area contributed by atoms with Crippen LogP contribution in [0.4, 0.5) is 0 Å². The molecule has 0 radical (unpaired) electrons. The van der Waals surface area contributed by atoms with Gasteiger partial charge in [-0.25, -0.2) is 5.48 Å². The fourth-order valence-electron chi connectivity index (χ4n) is 2.69. The SMILES string of the molecule is Cl.O=C(C=Cc1ccc2c(c1)C(=O)NC1(CCNCC1)O2)NO. The van der Waals surface area contributed by atoms with Crippen LogP contribution in [0.1, 0.15) is 28.8 Å². The van der Waals surface area contributed by atoms with E-state index in [1.54, 1.807) is 18.2 Å². The number of amides is 2. The molecule has 4 N–H and O–H groups in total. The number of piperidine rings is 1. The van der Waals surface area contributed by atoms with E-state index in [2.05, 4.69) is 10.6 Å². The molecule has 124 valence electrons. The maximum Gasteiger partial charge on any atom is 0.267 e. The molecule has 1 aromatic carbocycles. The molecule has 0 unspecified atom stereocenters. The Bertz CT molecular complexity index is 642. The second kappa shape index (κ2) is 6.99. The van der Waals surface area contributed by atoms with Crippen molar-refractivity contribution in [3.8, 4) is 5.75 Å². The summed E-state index contributed by atoms with van der Waals surface area (Å²) >= 11 is 0. The Morgan fingerprint density at radius 3 is 2.78 bits per heavy atom. The number of hydroxylamine groups is 1. The summed E-state index contributed by atoms with van der Waals surface area (Å²) in [4.78, 5) is 23.3. The van der Waals surface area contributed by atoms with Gasteiger partial charge in [0.05, 0.1) is 5.56 Å². The van der Waals surface area contributed by atoms with E-state index in [1.165, 1.54) is 17.6 Å². The summed E-state index contributed by atoms with van der Waals surface area (Å²) in [6, 6.07) is 5.14. The summed E-state index contributed by atoms with van der Waals surface area (Å²) in [6.45, 7) is 1.60. The number of carbonyl (C=O) groups is 2. The molecule has 0 aromatic heterocycles. The van der Waals surface area contributed by atoms with Crippen LogP contribution in [-0.2, 0) is 4.79 Å². The largest absolute Gasteiger partial charge is 0.467 e. The van der Waals surface area contributed by atoms with Crippen LogP contribution in [0.25, 0.3) is 6.08 Å². The molecular weight excluding hydrogens is 322 g/mol. The molecule has 1 spiro atoms. The fourth-order valence-corrected chi connectivity index (χ4v) is 2.69. The van der Waals surface area contributed by atoms with Gasteiger partial charge in [-0.3, -0.25) is 14.8 Å². The molecule has 1 aromatic rings. The zero-order valence-electron chi connectivity index (χ0n) is 12.3. The Morgan fingerprint density at radius 2 is 2.09 bits per heavy atom. The van der Waals surface area contributed by atoms with E-state index in [0.717, 1.165) is 25.9 Å². The lowest BCUT2D eigenvalue weighted by Gasteiger charge is -2.41. The van der Waals surface area contributed by atoms with Crippen LogP contribution in [0.3, 0.4) is 0 Å². The van der Waals surface area contributed by atoms with Crippen molar-refractivity contribution in [2.24, 2.45) is 0 Å². The number of hydrogen-bond acceptors (Lipinski definition) is 5. The van der Waals surface area contributed by atoms with E-state index >= 15 is 0 Å². The number of halogens is 1. The predicted octanol–water partition coefficient (Wildman–Crippen LogP) is 0.829. The van der Waals surface area contributed by atoms with Crippen LogP contribution >= 0.6 is 12.4 Å². The van der Waals surface area contributed by atoms with E-state index in [1.807, 2.05) is 0 Å². The number of nitrogens with one attached hydrogen (secondary N) is 3. The molecule has 1 saturated heterocycles. The van der Waals surface area contributed by atoms with Gasteiger partial charge in [-0.1, -0.05) is 6.07 Å². The molecule has 8 heteroatoms. The van der Waals surface area contributed by atoms with Gasteiger partial charge >= 0.3 is 0 Å². The number of carbonyl (C=O) groups excluding carboxylic acids is 2. The van der Waals surface area contributed by atoms with Gasteiger partial charge in [-0.2, -0.15) is 0 Å². The number of fused-ring (bicyclic) bond motifs is 1. The fraction of sp³-hybridized carbons (Fsp3) is 0.333. The Hall–Kier alpha value is -2.09. The quantitative estimate of drug-likeness (QED) is 0.363. The molecule has 2 amide bonds. The highest BCUT2D eigenvalue weighted by molar-refractivity contribution is 5.99. The lowest BCUT2D eigenvalue weighted by molar-refractivity contribution is -0.124. The first kappa shape index (κ1) is 17.3. The van der Waals surface area contributed by atoms with E-state index < -0.39 is 11.6 Å². The monoisotopic (exact) mass is 339 g/mol. The van der Waals surface area contributed by atoms with Crippen molar-refractivity contribution in [2.45, 2.75) is 18.6 Å². The minimum atomic E-state index is -0.632. The molecule has 0 saturated carbocycles. The highest BCUT2D eigenvalue weighted by Crippen LogP contribution is 2.32. The summed E-state index contributed by atoms with van der Waals surface area (Å²) in [6.07, 6.45) is 4.12. The van der Waals surface area contributed by atoms with Gasteiger partial charge in [0, 0.05) is 32.0 Å². The summed E-state index contributed by atoms with van der Waals surface area (Å²) in [7, 11) is 0. The summed E-state index contributed by atoms with van der Waals surface area (Å²) < 4.78 is 6.02. The maximum atomic E-state index is 12.4. The molecule has 23 heavy (non-hydrogen) atoms. The third kappa shape index (κ3) is 3.64. The number of rotatable bonds is 2. The molecule has 0 bridgehead atoms. The Kier molecular flexibility index (Phi) is 5.25. The van der Waals surface area contributed by atoms with Gasteiger partial charge < -0.3 is 15.4 Å². The smallest absolute Gasteiger partial charge is 0.267 e. The van der Waals surface area contributed by atoms with E-state index in [-0.39, 0.29) is 18.3 Å².